The van der Waals surface area contributed by atoms with Crippen LogP contribution in [0.25, 0.3) is 0 Å². The molecule has 2 amide bonds. The van der Waals surface area contributed by atoms with Gasteiger partial charge in [0.15, 0.2) is 0 Å². The molecule has 1 spiro atoms. The summed E-state index contributed by atoms with van der Waals surface area (Å²) >= 11 is 0. The summed E-state index contributed by atoms with van der Waals surface area (Å²) in [6.07, 6.45) is 5.28. The summed E-state index contributed by atoms with van der Waals surface area (Å²) in [4.78, 5) is 24.7. The first-order valence-corrected chi connectivity index (χ1v) is 8.18. The molecule has 0 radical (unpaired) electrons. The van der Waals surface area contributed by atoms with Crippen LogP contribution in [0.15, 0.2) is 18.5 Å². The van der Waals surface area contributed by atoms with Crippen molar-refractivity contribution in [3.63, 3.8) is 0 Å². The first kappa shape index (κ1) is 16.0. The van der Waals surface area contributed by atoms with Gasteiger partial charge in [-0.15, -0.1) is 0 Å². The van der Waals surface area contributed by atoms with Crippen LogP contribution in [-0.2, 0) is 4.74 Å². The molecule has 0 bridgehead atoms. The van der Waals surface area contributed by atoms with Crippen molar-refractivity contribution in [3.8, 4) is 0 Å². The number of likely N-dealkylation sites (N-methyl/N-ethyl adjacent to an activating group) is 1. The predicted octanol–water partition coefficient (Wildman–Crippen LogP) is 1.26. The largest absolute Gasteiger partial charge is 0.371 e. The molecule has 7 heteroatoms. The second kappa shape index (κ2) is 6.31. The van der Waals surface area contributed by atoms with E-state index in [-0.39, 0.29) is 23.7 Å². The van der Waals surface area contributed by atoms with E-state index in [1.165, 1.54) is 0 Å². The Balaban J connectivity index is 1.60. The van der Waals surface area contributed by atoms with Crippen LogP contribution < -0.4 is 10.2 Å². The van der Waals surface area contributed by atoms with Crippen molar-refractivity contribution in [2.45, 2.75) is 44.4 Å². The van der Waals surface area contributed by atoms with Crippen LogP contribution in [-0.4, -0.2) is 65.3 Å². The number of hydrogen-bond acceptors (Lipinski definition) is 5. The van der Waals surface area contributed by atoms with Gasteiger partial charge < -0.3 is 19.9 Å². The van der Waals surface area contributed by atoms with E-state index in [1.54, 1.807) is 12.4 Å². The fourth-order valence-electron chi connectivity index (χ4n) is 3.35. The highest BCUT2D eigenvalue weighted by molar-refractivity contribution is 5.75. The van der Waals surface area contributed by atoms with Gasteiger partial charge in [-0.3, -0.25) is 0 Å². The van der Waals surface area contributed by atoms with E-state index < -0.39 is 0 Å². The summed E-state index contributed by atoms with van der Waals surface area (Å²) in [6, 6.07) is 2.21. The zero-order chi connectivity index (χ0) is 16.4. The molecule has 1 N–H and O–H groups in total. The number of likely N-dealkylation sites (tertiary alicyclic amines) is 1. The maximum absolute atomic E-state index is 12.2. The molecule has 2 aliphatic heterocycles. The molecule has 2 atom stereocenters. The van der Waals surface area contributed by atoms with Gasteiger partial charge in [0.05, 0.1) is 24.8 Å². The van der Waals surface area contributed by atoms with Gasteiger partial charge >= 0.3 is 6.03 Å². The molecular weight excluding hydrogens is 294 g/mol. The summed E-state index contributed by atoms with van der Waals surface area (Å²) in [6.45, 7) is 6.00. The minimum absolute atomic E-state index is 0.00340. The molecule has 2 unspecified atom stereocenters. The molecule has 1 aromatic rings. The number of rotatable bonds is 3. The van der Waals surface area contributed by atoms with Gasteiger partial charge in [-0.25, -0.2) is 14.8 Å². The van der Waals surface area contributed by atoms with Crippen molar-refractivity contribution in [2.75, 3.05) is 31.6 Å². The van der Waals surface area contributed by atoms with Crippen LogP contribution in [0.5, 0.6) is 0 Å². The molecular formula is C16H25N5O2. The first-order chi connectivity index (χ1) is 11.0. The van der Waals surface area contributed by atoms with Crippen molar-refractivity contribution in [2.24, 2.45) is 0 Å². The van der Waals surface area contributed by atoms with E-state index in [1.807, 2.05) is 31.9 Å². The van der Waals surface area contributed by atoms with E-state index >= 15 is 0 Å². The molecule has 2 aliphatic rings. The average molecular weight is 319 g/mol. The predicted molar refractivity (Wildman–Crippen MR) is 87.4 cm³/mol. The summed E-state index contributed by atoms with van der Waals surface area (Å²) < 4.78 is 6.12. The van der Waals surface area contributed by atoms with E-state index in [0.29, 0.717) is 19.1 Å². The van der Waals surface area contributed by atoms with Gasteiger partial charge in [0.1, 0.15) is 0 Å². The van der Waals surface area contributed by atoms with Gasteiger partial charge in [-0.2, -0.15) is 0 Å². The third-order valence-corrected chi connectivity index (χ3v) is 4.62. The molecule has 126 valence electrons. The highest BCUT2D eigenvalue weighted by Crippen LogP contribution is 2.37. The van der Waals surface area contributed by atoms with Gasteiger partial charge in [0.25, 0.3) is 0 Å². The van der Waals surface area contributed by atoms with Gasteiger partial charge in [0, 0.05) is 38.4 Å². The summed E-state index contributed by atoms with van der Waals surface area (Å²) in [7, 11) is 2.00. The number of nitrogens with zero attached hydrogens (tertiary/aromatic N) is 4. The van der Waals surface area contributed by atoms with Gasteiger partial charge in [0.2, 0.25) is 5.95 Å². The second-order valence-electron chi connectivity index (χ2n) is 6.79. The van der Waals surface area contributed by atoms with Crippen molar-refractivity contribution < 1.29 is 9.53 Å². The lowest BCUT2D eigenvalue weighted by Crippen LogP contribution is -2.44. The lowest BCUT2D eigenvalue weighted by molar-refractivity contribution is 0.0148. The number of carbonyl (C=O) groups excluding carboxylic acids is 1. The van der Waals surface area contributed by atoms with Crippen molar-refractivity contribution >= 4 is 12.0 Å². The summed E-state index contributed by atoms with van der Waals surface area (Å²) in [5.41, 5.74) is -0.220. The Kier molecular flexibility index (Phi) is 4.39. The normalized spacial score (nSPS) is 27.0. The van der Waals surface area contributed by atoms with E-state index in [0.717, 1.165) is 19.4 Å². The first-order valence-electron chi connectivity index (χ1n) is 8.18. The van der Waals surface area contributed by atoms with E-state index in [2.05, 4.69) is 20.2 Å². The number of anilines is 1. The number of amides is 2. The molecule has 2 fully saturated rings. The molecule has 23 heavy (non-hydrogen) atoms. The van der Waals surface area contributed by atoms with Crippen LogP contribution in [0, 0.1) is 0 Å². The monoisotopic (exact) mass is 319 g/mol. The molecule has 3 rings (SSSR count). The molecule has 0 saturated carbocycles. The Labute approximate surface area is 137 Å². The minimum atomic E-state index is -0.220. The highest BCUT2D eigenvalue weighted by atomic mass is 16.5. The lowest BCUT2D eigenvalue weighted by atomic mass is 9.97. The van der Waals surface area contributed by atoms with Crippen LogP contribution >= 0.6 is 0 Å². The third-order valence-electron chi connectivity index (χ3n) is 4.62. The topological polar surface area (TPSA) is 70.6 Å². The Morgan fingerprint density at radius 2 is 2.22 bits per heavy atom. The lowest BCUT2D eigenvalue weighted by Gasteiger charge is -2.26. The quantitative estimate of drug-likeness (QED) is 0.908. The zero-order valence-corrected chi connectivity index (χ0v) is 14.0. The molecule has 0 aliphatic carbocycles. The number of carbonyl (C=O) groups is 1. The van der Waals surface area contributed by atoms with E-state index in [4.69, 9.17) is 4.74 Å². The van der Waals surface area contributed by atoms with Crippen LogP contribution in [0.2, 0.25) is 0 Å². The van der Waals surface area contributed by atoms with Crippen LogP contribution in [0.4, 0.5) is 10.7 Å². The average Bonchev–Trinajstić information content (AvgIpc) is 3.15. The zero-order valence-electron chi connectivity index (χ0n) is 14.0. The molecule has 7 nitrogen and oxygen atoms in total. The van der Waals surface area contributed by atoms with Crippen LogP contribution in [0.3, 0.4) is 0 Å². The second-order valence-corrected chi connectivity index (χ2v) is 6.79. The van der Waals surface area contributed by atoms with E-state index in [9.17, 15) is 4.79 Å². The van der Waals surface area contributed by atoms with Crippen LogP contribution in [0.1, 0.15) is 26.7 Å². The Bertz CT molecular complexity index is 553. The van der Waals surface area contributed by atoms with Crippen molar-refractivity contribution in [3.05, 3.63) is 18.5 Å². The third kappa shape index (κ3) is 3.39. The van der Waals surface area contributed by atoms with Crippen molar-refractivity contribution in [1.29, 1.82) is 0 Å². The number of urea groups is 1. The molecule has 2 saturated heterocycles. The molecule has 3 heterocycles. The highest BCUT2D eigenvalue weighted by Gasteiger charge is 2.48. The standard InChI is InChI=1S/C16H25N5O2/c1-12(2)19-15(22)21-8-5-16(11-21)9-13(10-23-16)20(3)14-17-6-4-7-18-14/h4,6-7,12-13H,5,8-11H2,1-3H3,(H,19,22). The number of aromatic nitrogens is 2. The molecule has 0 aromatic carbocycles. The Morgan fingerprint density at radius 3 is 2.91 bits per heavy atom. The smallest absolute Gasteiger partial charge is 0.317 e. The maximum Gasteiger partial charge on any atom is 0.317 e. The summed E-state index contributed by atoms with van der Waals surface area (Å²) in [5, 5.41) is 2.95. The number of ether oxygens (including phenoxy) is 1. The fourth-order valence-corrected chi connectivity index (χ4v) is 3.35. The van der Waals surface area contributed by atoms with Gasteiger partial charge in [-0.05, 0) is 26.3 Å². The number of hydrogen-bond donors (Lipinski definition) is 1. The fraction of sp³-hybridized carbons (Fsp3) is 0.688. The van der Waals surface area contributed by atoms with Gasteiger partial charge in [-0.1, -0.05) is 0 Å². The Hall–Kier alpha value is -1.89. The minimum Gasteiger partial charge on any atom is -0.371 e. The van der Waals surface area contributed by atoms with Crippen molar-refractivity contribution in [1.82, 2.24) is 20.2 Å². The summed E-state index contributed by atoms with van der Waals surface area (Å²) in [5.74, 6) is 0.713. The molecule has 1 aromatic heterocycles. The number of nitrogens with one attached hydrogen (secondary N) is 1. The maximum atomic E-state index is 12.2. The Morgan fingerprint density at radius 1 is 1.48 bits per heavy atom. The SMILES string of the molecule is CC(C)NC(=O)N1CCC2(CC(N(C)c3ncccn3)CO2)C1.